The van der Waals surface area contributed by atoms with Crippen LogP contribution in [0.2, 0.25) is 0 Å². The second-order valence-electron chi connectivity index (χ2n) is 7.80. The van der Waals surface area contributed by atoms with Crippen LogP contribution in [-0.2, 0) is 11.3 Å². The minimum atomic E-state index is -2.95. The zero-order valence-corrected chi connectivity index (χ0v) is 19.4. The zero-order valence-electron chi connectivity index (χ0n) is 19.4. The van der Waals surface area contributed by atoms with Gasteiger partial charge in [0, 0.05) is 17.9 Å². The van der Waals surface area contributed by atoms with E-state index in [2.05, 4.69) is 16.1 Å². The maximum absolute atomic E-state index is 12.9. The van der Waals surface area contributed by atoms with Gasteiger partial charge in [0.1, 0.15) is 11.9 Å². The number of carbonyl (C=O) groups is 1. The average Bonchev–Trinajstić information content (AvgIpc) is 3.03. The van der Waals surface area contributed by atoms with E-state index in [4.69, 9.17) is 4.74 Å². The molecule has 0 unspecified atom stereocenters. The van der Waals surface area contributed by atoms with Crippen molar-refractivity contribution in [1.29, 1.82) is 5.26 Å². The van der Waals surface area contributed by atoms with Gasteiger partial charge < -0.3 is 14.8 Å². The first kappa shape index (κ1) is 24.7. The number of likely N-dealkylation sites (N-methyl/N-ethyl adjacent to an activating group) is 1. The van der Waals surface area contributed by atoms with Gasteiger partial charge >= 0.3 is 6.61 Å². The van der Waals surface area contributed by atoms with E-state index in [0.717, 1.165) is 22.5 Å². The van der Waals surface area contributed by atoms with E-state index in [1.165, 1.54) is 13.2 Å². The molecule has 0 aliphatic carbocycles. The third-order valence-corrected chi connectivity index (χ3v) is 5.41. The number of nitrogens with zero attached hydrogens (tertiary/aromatic N) is 3. The molecule has 0 aliphatic heterocycles. The Morgan fingerprint density at radius 3 is 2.50 bits per heavy atom. The number of benzene rings is 2. The summed E-state index contributed by atoms with van der Waals surface area (Å²) in [4.78, 5) is 14.6. The molecule has 0 radical (unpaired) electrons. The highest BCUT2D eigenvalue weighted by Crippen LogP contribution is 2.31. The third kappa shape index (κ3) is 5.53. The fourth-order valence-electron chi connectivity index (χ4n) is 3.75. The molecule has 1 aromatic heterocycles. The van der Waals surface area contributed by atoms with Gasteiger partial charge in [0.15, 0.2) is 11.5 Å². The van der Waals surface area contributed by atoms with E-state index in [1.807, 2.05) is 48.7 Å². The molecule has 178 valence electrons. The summed E-state index contributed by atoms with van der Waals surface area (Å²) in [5.41, 5.74) is 3.67. The second-order valence-corrected chi connectivity index (χ2v) is 7.80. The van der Waals surface area contributed by atoms with Crippen molar-refractivity contribution in [3.8, 4) is 23.3 Å². The summed E-state index contributed by atoms with van der Waals surface area (Å²) in [6.45, 7) is 1.21. The normalized spacial score (nSPS) is 10.9. The highest BCUT2D eigenvalue weighted by molar-refractivity contribution is 5.93. The molecule has 3 rings (SSSR count). The number of alkyl halides is 2. The summed E-state index contributed by atoms with van der Waals surface area (Å²) in [7, 11) is 3.13. The summed E-state index contributed by atoms with van der Waals surface area (Å²) in [5, 5.41) is 12.6. The number of methoxy groups -OCH3 is 1. The second kappa shape index (κ2) is 10.8. The van der Waals surface area contributed by atoms with Crippen molar-refractivity contribution in [2.24, 2.45) is 0 Å². The summed E-state index contributed by atoms with van der Waals surface area (Å²) >= 11 is 0. The molecule has 0 atom stereocenters. The van der Waals surface area contributed by atoms with Gasteiger partial charge in [-0.15, -0.1) is 0 Å². The largest absolute Gasteiger partial charge is 0.493 e. The maximum atomic E-state index is 12.9. The summed E-state index contributed by atoms with van der Waals surface area (Å²) in [5.74, 6) is 0.259. The number of anilines is 1. The maximum Gasteiger partial charge on any atom is 0.387 e. The molecule has 0 aliphatic rings. The van der Waals surface area contributed by atoms with Crippen molar-refractivity contribution in [2.75, 3.05) is 26.0 Å². The van der Waals surface area contributed by atoms with Gasteiger partial charge in [-0.3, -0.25) is 14.3 Å². The summed E-state index contributed by atoms with van der Waals surface area (Å²) in [6.07, 6.45) is 0. The molecule has 9 heteroatoms. The number of amides is 1. The minimum Gasteiger partial charge on any atom is -0.493 e. The quantitative estimate of drug-likeness (QED) is 0.495. The standard InChI is InChI=1S/C25H26F2N4O3/c1-16-17(2)31(19-8-6-5-7-9-19)24(20(16)13-28)29-23(32)15-30(3)14-18-10-11-21(34-25(26)27)22(12-18)33-4/h5-12,25H,14-15H2,1-4H3,(H,29,32). The van der Waals surface area contributed by atoms with Gasteiger partial charge in [-0.25, -0.2) is 0 Å². The van der Waals surface area contributed by atoms with E-state index < -0.39 is 6.61 Å². The number of halogens is 2. The zero-order chi connectivity index (χ0) is 24.8. The Balaban J connectivity index is 1.75. The van der Waals surface area contributed by atoms with Gasteiger partial charge in [0.25, 0.3) is 0 Å². The van der Waals surface area contributed by atoms with Crippen molar-refractivity contribution >= 4 is 11.7 Å². The van der Waals surface area contributed by atoms with Crippen LogP contribution in [-0.4, -0.2) is 42.7 Å². The monoisotopic (exact) mass is 468 g/mol. The minimum absolute atomic E-state index is 0.0422. The first-order valence-corrected chi connectivity index (χ1v) is 10.5. The van der Waals surface area contributed by atoms with Crippen LogP contribution in [0, 0.1) is 25.2 Å². The molecule has 0 bridgehead atoms. The number of hydrogen-bond donors (Lipinski definition) is 1. The summed E-state index contributed by atoms with van der Waals surface area (Å²) < 4.78 is 36.5. The lowest BCUT2D eigenvalue weighted by molar-refractivity contribution is -0.117. The van der Waals surface area contributed by atoms with Crippen LogP contribution in [0.15, 0.2) is 48.5 Å². The molecule has 1 amide bonds. The Morgan fingerprint density at radius 2 is 1.88 bits per heavy atom. The molecule has 3 aromatic rings. The van der Waals surface area contributed by atoms with Crippen molar-refractivity contribution < 1.29 is 23.0 Å². The molecular weight excluding hydrogens is 442 g/mol. The fraction of sp³-hybridized carbons (Fsp3) is 0.280. The van der Waals surface area contributed by atoms with Crippen LogP contribution in [0.4, 0.5) is 14.6 Å². The Bertz CT molecular complexity index is 1200. The van der Waals surface area contributed by atoms with E-state index >= 15 is 0 Å². The molecule has 1 heterocycles. The van der Waals surface area contributed by atoms with Crippen LogP contribution < -0.4 is 14.8 Å². The molecule has 0 saturated heterocycles. The van der Waals surface area contributed by atoms with Crippen LogP contribution in [0.5, 0.6) is 11.5 Å². The first-order valence-electron chi connectivity index (χ1n) is 10.5. The summed E-state index contributed by atoms with van der Waals surface area (Å²) in [6, 6.07) is 16.3. The molecular formula is C25H26F2N4O3. The van der Waals surface area contributed by atoms with E-state index in [1.54, 1.807) is 24.1 Å². The third-order valence-electron chi connectivity index (χ3n) is 5.41. The van der Waals surface area contributed by atoms with Gasteiger partial charge in [0.05, 0.1) is 19.2 Å². The number of aromatic nitrogens is 1. The van der Waals surface area contributed by atoms with Gasteiger partial charge in [-0.05, 0) is 56.3 Å². The van der Waals surface area contributed by atoms with Crippen molar-refractivity contribution in [3.05, 3.63) is 70.9 Å². The van der Waals surface area contributed by atoms with Gasteiger partial charge in [0.2, 0.25) is 5.91 Å². The Morgan fingerprint density at radius 1 is 1.18 bits per heavy atom. The fourth-order valence-corrected chi connectivity index (χ4v) is 3.75. The molecule has 1 N–H and O–H groups in total. The first-order chi connectivity index (χ1) is 16.2. The number of rotatable bonds is 9. The molecule has 0 saturated carbocycles. The number of ether oxygens (including phenoxy) is 2. The van der Waals surface area contributed by atoms with E-state index in [-0.39, 0.29) is 24.0 Å². The molecule has 0 fully saturated rings. The topological polar surface area (TPSA) is 79.5 Å². The highest BCUT2D eigenvalue weighted by atomic mass is 19.3. The van der Waals surface area contributed by atoms with Gasteiger partial charge in [-0.1, -0.05) is 24.3 Å². The predicted octanol–water partition coefficient (Wildman–Crippen LogP) is 4.65. The molecule has 2 aromatic carbocycles. The lowest BCUT2D eigenvalue weighted by Gasteiger charge is -2.19. The molecule has 0 spiro atoms. The van der Waals surface area contributed by atoms with Gasteiger partial charge in [-0.2, -0.15) is 14.0 Å². The number of carbonyl (C=O) groups excluding carboxylic acids is 1. The van der Waals surface area contributed by atoms with Crippen LogP contribution >= 0.6 is 0 Å². The number of nitrogens with one attached hydrogen (secondary N) is 1. The van der Waals surface area contributed by atoms with E-state index in [0.29, 0.717) is 17.9 Å². The Hall–Kier alpha value is -3.90. The van der Waals surface area contributed by atoms with Crippen LogP contribution in [0.1, 0.15) is 22.4 Å². The van der Waals surface area contributed by atoms with E-state index in [9.17, 15) is 18.8 Å². The lowest BCUT2D eigenvalue weighted by Crippen LogP contribution is -2.30. The molecule has 7 nitrogen and oxygen atoms in total. The van der Waals surface area contributed by atoms with Crippen molar-refractivity contribution in [2.45, 2.75) is 27.0 Å². The van der Waals surface area contributed by atoms with Crippen molar-refractivity contribution in [3.63, 3.8) is 0 Å². The Labute approximate surface area is 197 Å². The number of para-hydroxylation sites is 1. The smallest absolute Gasteiger partial charge is 0.387 e. The predicted molar refractivity (Wildman–Crippen MR) is 125 cm³/mol. The van der Waals surface area contributed by atoms with Crippen LogP contribution in [0.25, 0.3) is 5.69 Å². The SMILES string of the molecule is COc1cc(CN(C)CC(=O)Nc2c(C#N)c(C)c(C)n2-c2ccccc2)ccc1OC(F)F. The highest BCUT2D eigenvalue weighted by Gasteiger charge is 2.21. The Kier molecular flexibility index (Phi) is 7.87. The molecule has 34 heavy (non-hydrogen) atoms. The lowest BCUT2D eigenvalue weighted by atomic mass is 10.2. The number of nitriles is 1. The van der Waals surface area contributed by atoms with Crippen molar-refractivity contribution in [1.82, 2.24) is 9.47 Å². The average molecular weight is 469 g/mol. The van der Waals surface area contributed by atoms with Crippen LogP contribution in [0.3, 0.4) is 0 Å². The number of hydrogen-bond acceptors (Lipinski definition) is 5.